The maximum Gasteiger partial charge on any atom is 0.128 e. The molecule has 1 aromatic rings. The third-order valence-electron chi connectivity index (χ3n) is 3.28. The molecule has 0 saturated heterocycles. The smallest absolute Gasteiger partial charge is 0.128 e. The van der Waals surface area contributed by atoms with E-state index in [1.54, 1.807) is 19.2 Å². The zero-order valence-corrected chi connectivity index (χ0v) is 12.5. The summed E-state index contributed by atoms with van der Waals surface area (Å²) in [6, 6.07) is 4.53. The molecule has 3 nitrogen and oxygen atoms in total. The molecule has 0 fully saturated rings. The zero-order chi connectivity index (χ0) is 14.4. The van der Waals surface area contributed by atoms with Gasteiger partial charge in [-0.3, -0.25) is 4.90 Å². The molecule has 0 bridgehead atoms. The lowest BCUT2D eigenvalue weighted by atomic mass is 10.0. The maximum absolute atomic E-state index is 14.0. The van der Waals surface area contributed by atoms with Crippen molar-refractivity contribution >= 4 is 11.6 Å². The summed E-state index contributed by atoms with van der Waals surface area (Å²) in [6.07, 6.45) is 0. The van der Waals surface area contributed by atoms with Gasteiger partial charge in [0.1, 0.15) is 5.82 Å². The highest BCUT2D eigenvalue weighted by molar-refractivity contribution is 6.30. The lowest BCUT2D eigenvalue weighted by Crippen LogP contribution is -2.42. The van der Waals surface area contributed by atoms with Crippen LogP contribution in [0.3, 0.4) is 0 Å². The molecule has 2 unspecified atom stereocenters. The standard InChI is InChI=1S/C14H22ClFN2O/c1-4-18(10(2)9-19-3)14(8-17)12-7-11(15)5-6-13(12)16/h5-7,10,14H,4,8-9,17H2,1-3H3. The van der Waals surface area contributed by atoms with Gasteiger partial charge in [0.15, 0.2) is 0 Å². The summed E-state index contributed by atoms with van der Waals surface area (Å²) in [5.41, 5.74) is 6.38. The minimum atomic E-state index is -0.275. The first-order valence-corrected chi connectivity index (χ1v) is 6.82. The third kappa shape index (κ3) is 4.14. The first-order chi connectivity index (χ1) is 9.04. The average molecular weight is 289 g/mol. The van der Waals surface area contributed by atoms with Crippen molar-refractivity contribution in [3.8, 4) is 0 Å². The Morgan fingerprint density at radius 1 is 1.47 bits per heavy atom. The molecule has 19 heavy (non-hydrogen) atoms. The van der Waals surface area contributed by atoms with Gasteiger partial charge in [-0.15, -0.1) is 0 Å². The van der Waals surface area contributed by atoms with Crippen LogP contribution in [0, 0.1) is 5.82 Å². The van der Waals surface area contributed by atoms with Gasteiger partial charge in [0, 0.05) is 30.3 Å². The number of methoxy groups -OCH3 is 1. The summed E-state index contributed by atoms with van der Waals surface area (Å²) in [6.45, 7) is 5.74. The van der Waals surface area contributed by atoms with E-state index in [1.165, 1.54) is 6.07 Å². The Labute approximate surface area is 119 Å². The topological polar surface area (TPSA) is 38.5 Å². The van der Waals surface area contributed by atoms with Gasteiger partial charge in [-0.25, -0.2) is 4.39 Å². The molecular weight excluding hydrogens is 267 g/mol. The molecule has 0 aliphatic carbocycles. The van der Waals surface area contributed by atoms with E-state index < -0.39 is 0 Å². The van der Waals surface area contributed by atoms with Gasteiger partial charge < -0.3 is 10.5 Å². The molecule has 0 amide bonds. The van der Waals surface area contributed by atoms with Gasteiger partial charge in [0.2, 0.25) is 0 Å². The fraction of sp³-hybridized carbons (Fsp3) is 0.571. The Morgan fingerprint density at radius 3 is 2.68 bits per heavy atom. The summed E-state index contributed by atoms with van der Waals surface area (Å²) < 4.78 is 19.1. The molecule has 1 rings (SSSR count). The molecule has 2 N–H and O–H groups in total. The predicted octanol–water partition coefficient (Wildman–Crippen LogP) is 2.84. The fourth-order valence-electron chi connectivity index (χ4n) is 2.39. The van der Waals surface area contributed by atoms with E-state index in [2.05, 4.69) is 4.90 Å². The van der Waals surface area contributed by atoms with Crippen LogP contribution in [-0.2, 0) is 4.74 Å². The molecule has 0 aliphatic rings. The molecule has 0 saturated carbocycles. The van der Waals surface area contributed by atoms with E-state index in [9.17, 15) is 4.39 Å². The van der Waals surface area contributed by atoms with Crippen LogP contribution in [0.5, 0.6) is 0 Å². The van der Waals surface area contributed by atoms with Gasteiger partial charge in [-0.1, -0.05) is 18.5 Å². The Kier molecular flexibility index (Phi) is 6.72. The number of hydrogen-bond acceptors (Lipinski definition) is 3. The highest BCUT2D eigenvalue weighted by Gasteiger charge is 2.25. The number of benzene rings is 1. The molecular formula is C14H22ClFN2O. The SMILES string of the molecule is CCN(C(C)COC)C(CN)c1cc(Cl)ccc1F. The molecule has 0 radical (unpaired) electrons. The second-order valence-electron chi connectivity index (χ2n) is 4.55. The van der Waals surface area contributed by atoms with Crippen molar-refractivity contribution in [3.63, 3.8) is 0 Å². The molecule has 0 spiro atoms. The quantitative estimate of drug-likeness (QED) is 0.838. The summed E-state index contributed by atoms with van der Waals surface area (Å²) >= 11 is 5.96. The number of nitrogens with two attached hydrogens (primary N) is 1. The molecule has 1 aromatic carbocycles. The second-order valence-corrected chi connectivity index (χ2v) is 4.99. The third-order valence-corrected chi connectivity index (χ3v) is 3.51. The Morgan fingerprint density at radius 2 is 2.16 bits per heavy atom. The van der Waals surface area contributed by atoms with Gasteiger partial charge in [-0.2, -0.15) is 0 Å². The van der Waals surface area contributed by atoms with Crippen LogP contribution < -0.4 is 5.73 Å². The normalized spacial score (nSPS) is 14.7. The van der Waals surface area contributed by atoms with E-state index >= 15 is 0 Å². The van der Waals surface area contributed by atoms with E-state index in [0.29, 0.717) is 23.7 Å². The Hall–Kier alpha value is -0.680. The summed E-state index contributed by atoms with van der Waals surface area (Å²) in [7, 11) is 1.65. The Balaban J connectivity index is 3.06. The number of rotatable bonds is 7. The molecule has 108 valence electrons. The monoisotopic (exact) mass is 288 g/mol. The van der Waals surface area contributed by atoms with Gasteiger partial charge in [0.05, 0.1) is 12.6 Å². The van der Waals surface area contributed by atoms with Crippen LogP contribution in [0.15, 0.2) is 18.2 Å². The molecule has 2 atom stereocenters. The Bertz CT molecular complexity index is 403. The van der Waals surface area contributed by atoms with E-state index in [0.717, 1.165) is 6.54 Å². The van der Waals surface area contributed by atoms with Crippen molar-refractivity contribution in [1.29, 1.82) is 0 Å². The largest absolute Gasteiger partial charge is 0.383 e. The van der Waals surface area contributed by atoms with Crippen molar-refractivity contribution in [2.45, 2.75) is 25.9 Å². The van der Waals surface area contributed by atoms with Gasteiger partial charge >= 0.3 is 0 Å². The van der Waals surface area contributed by atoms with Crippen molar-refractivity contribution in [2.75, 3.05) is 26.8 Å². The first-order valence-electron chi connectivity index (χ1n) is 6.44. The molecule has 5 heteroatoms. The van der Waals surface area contributed by atoms with Gasteiger partial charge in [0.25, 0.3) is 0 Å². The van der Waals surface area contributed by atoms with E-state index in [4.69, 9.17) is 22.1 Å². The highest BCUT2D eigenvalue weighted by atomic mass is 35.5. The first kappa shape index (κ1) is 16.4. The predicted molar refractivity (Wildman–Crippen MR) is 76.9 cm³/mol. The maximum atomic E-state index is 14.0. The van der Waals surface area contributed by atoms with Crippen molar-refractivity contribution in [2.24, 2.45) is 5.73 Å². The van der Waals surface area contributed by atoms with Gasteiger partial charge in [-0.05, 0) is 31.7 Å². The highest BCUT2D eigenvalue weighted by Crippen LogP contribution is 2.27. The van der Waals surface area contributed by atoms with Crippen molar-refractivity contribution < 1.29 is 9.13 Å². The number of ether oxygens (including phenoxy) is 1. The van der Waals surface area contributed by atoms with Crippen LogP contribution in [0.25, 0.3) is 0 Å². The van der Waals surface area contributed by atoms with Crippen LogP contribution in [-0.4, -0.2) is 37.7 Å². The minimum Gasteiger partial charge on any atom is -0.383 e. The molecule has 0 heterocycles. The number of halogens is 2. The fourth-order valence-corrected chi connectivity index (χ4v) is 2.57. The lowest BCUT2D eigenvalue weighted by Gasteiger charge is -2.35. The summed E-state index contributed by atoms with van der Waals surface area (Å²) in [5.74, 6) is -0.275. The minimum absolute atomic E-state index is 0.155. The van der Waals surface area contributed by atoms with Crippen LogP contribution in [0.2, 0.25) is 5.02 Å². The van der Waals surface area contributed by atoms with Crippen LogP contribution in [0.1, 0.15) is 25.5 Å². The number of nitrogens with zero attached hydrogens (tertiary/aromatic N) is 1. The molecule has 0 aliphatic heterocycles. The zero-order valence-electron chi connectivity index (χ0n) is 11.7. The van der Waals surface area contributed by atoms with Crippen LogP contribution in [0.4, 0.5) is 4.39 Å². The average Bonchev–Trinajstić information content (AvgIpc) is 2.39. The lowest BCUT2D eigenvalue weighted by molar-refractivity contribution is 0.0740. The second kappa shape index (κ2) is 7.80. The molecule has 0 aromatic heterocycles. The number of hydrogen-bond donors (Lipinski definition) is 1. The van der Waals surface area contributed by atoms with E-state index in [1.807, 2.05) is 13.8 Å². The number of likely N-dealkylation sites (N-methyl/N-ethyl adjacent to an activating group) is 1. The van der Waals surface area contributed by atoms with Crippen LogP contribution >= 0.6 is 11.6 Å². The van der Waals surface area contributed by atoms with E-state index in [-0.39, 0.29) is 17.9 Å². The van der Waals surface area contributed by atoms with Crippen molar-refractivity contribution in [3.05, 3.63) is 34.6 Å². The van der Waals surface area contributed by atoms with Crippen molar-refractivity contribution in [1.82, 2.24) is 4.90 Å². The summed E-state index contributed by atoms with van der Waals surface area (Å²) in [4.78, 5) is 2.12. The summed E-state index contributed by atoms with van der Waals surface area (Å²) in [5, 5.41) is 0.519.